The number of hydrogen-bond acceptors (Lipinski definition) is 2. The van der Waals surface area contributed by atoms with Crippen molar-refractivity contribution < 1.29 is 9.53 Å². The molecule has 0 bridgehead atoms. The lowest BCUT2D eigenvalue weighted by molar-refractivity contribution is 0.0805. The van der Waals surface area contributed by atoms with E-state index in [1.54, 1.807) is 0 Å². The maximum absolute atomic E-state index is 12.0. The molecule has 19 heavy (non-hydrogen) atoms. The van der Waals surface area contributed by atoms with Gasteiger partial charge in [0.25, 0.3) is 0 Å². The van der Waals surface area contributed by atoms with Crippen molar-refractivity contribution in [3.05, 3.63) is 35.9 Å². The number of benzene rings is 1. The van der Waals surface area contributed by atoms with Crippen LogP contribution in [0.15, 0.2) is 30.3 Å². The summed E-state index contributed by atoms with van der Waals surface area (Å²) >= 11 is 0. The summed E-state index contributed by atoms with van der Waals surface area (Å²) in [6.07, 6.45) is 3.55. The van der Waals surface area contributed by atoms with Crippen LogP contribution in [0, 0.1) is 11.3 Å². The normalized spacial score (nSPS) is 28.7. The van der Waals surface area contributed by atoms with Gasteiger partial charge in [-0.05, 0) is 29.7 Å². The van der Waals surface area contributed by atoms with Crippen molar-refractivity contribution in [2.24, 2.45) is 11.3 Å². The van der Waals surface area contributed by atoms with Gasteiger partial charge in [-0.25, -0.2) is 4.79 Å². The molecule has 2 unspecified atom stereocenters. The number of fused-ring (bicyclic) bond motifs is 1. The van der Waals surface area contributed by atoms with Gasteiger partial charge in [-0.3, -0.25) is 0 Å². The molecule has 2 atom stereocenters. The predicted octanol–water partition coefficient (Wildman–Crippen LogP) is 3.45. The first-order valence-corrected chi connectivity index (χ1v) is 7.19. The van der Waals surface area contributed by atoms with E-state index in [0.29, 0.717) is 12.0 Å². The van der Waals surface area contributed by atoms with Crippen LogP contribution in [0.4, 0.5) is 4.79 Å². The topological polar surface area (TPSA) is 29.5 Å². The molecule has 1 aliphatic heterocycles. The van der Waals surface area contributed by atoms with Crippen LogP contribution in [0.5, 0.6) is 0 Å². The van der Waals surface area contributed by atoms with E-state index in [2.05, 4.69) is 6.92 Å². The van der Waals surface area contributed by atoms with Gasteiger partial charge in [0.2, 0.25) is 0 Å². The molecular weight excluding hydrogens is 238 g/mol. The number of ether oxygens (including phenoxy) is 1. The zero-order valence-corrected chi connectivity index (χ0v) is 11.5. The van der Waals surface area contributed by atoms with Crippen LogP contribution >= 0.6 is 0 Å². The zero-order valence-electron chi connectivity index (χ0n) is 11.5. The van der Waals surface area contributed by atoms with Gasteiger partial charge in [0, 0.05) is 13.1 Å². The smallest absolute Gasteiger partial charge is 0.410 e. The SMILES string of the molecule is CCC12CCN(C(=O)OCc3ccccc3)CC1C2. The monoisotopic (exact) mass is 259 g/mol. The zero-order chi connectivity index (χ0) is 13.3. The Bertz CT molecular complexity index is 459. The summed E-state index contributed by atoms with van der Waals surface area (Å²) in [5.74, 6) is 0.718. The highest BCUT2D eigenvalue weighted by molar-refractivity contribution is 5.68. The lowest BCUT2D eigenvalue weighted by Crippen LogP contribution is -2.39. The van der Waals surface area contributed by atoms with E-state index in [0.717, 1.165) is 31.0 Å². The number of amides is 1. The summed E-state index contributed by atoms with van der Waals surface area (Å²) in [7, 11) is 0. The molecule has 1 heterocycles. The van der Waals surface area contributed by atoms with Crippen LogP contribution in [0.2, 0.25) is 0 Å². The Morgan fingerprint density at radius 1 is 1.42 bits per heavy atom. The third-order valence-corrected chi connectivity index (χ3v) is 4.85. The lowest BCUT2D eigenvalue weighted by Gasteiger charge is -2.30. The van der Waals surface area contributed by atoms with E-state index in [9.17, 15) is 4.79 Å². The quantitative estimate of drug-likeness (QED) is 0.832. The molecule has 3 rings (SSSR count). The summed E-state index contributed by atoms with van der Waals surface area (Å²) in [6, 6.07) is 9.85. The Morgan fingerprint density at radius 3 is 2.89 bits per heavy atom. The van der Waals surface area contributed by atoms with Gasteiger partial charge >= 0.3 is 6.09 Å². The molecule has 1 aromatic carbocycles. The summed E-state index contributed by atoms with van der Waals surface area (Å²) in [5.41, 5.74) is 1.61. The van der Waals surface area contributed by atoms with E-state index in [4.69, 9.17) is 4.74 Å². The third-order valence-electron chi connectivity index (χ3n) is 4.85. The largest absolute Gasteiger partial charge is 0.445 e. The molecule has 2 aliphatic rings. The molecule has 0 aromatic heterocycles. The predicted molar refractivity (Wildman–Crippen MR) is 73.6 cm³/mol. The molecule has 1 saturated heterocycles. The fourth-order valence-corrected chi connectivity index (χ4v) is 3.30. The second kappa shape index (κ2) is 4.87. The fraction of sp³-hybridized carbons (Fsp3) is 0.562. The summed E-state index contributed by atoms with van der Waals surface area (Å²) < 4.78 is 5.39. The standard InChI is InChI=1S/C16H21NO2/c1-2-16-8-9-17(11-14(16)10-16)15(18)19-12-13-6-4-3-5-7-13/h3-7,14H,2,8-12H2,1H3. The van der Waals surface area contributed by atoms with Crippen molar-refractivity contribution in [2.75, 3.05) is 13.1 Å². The van der Waals surface area contributed by atoms with E-state index in [-0.39, 0.29) is 6.09 Å². The first kappa shape index (κ1) is 12.5. The van der Waals surface area contributed by atoms with E-state index in [1.165, 1.54) is 12.8 Å². The Hall–Kier alpha value is -1.51. The van der Waals surface area contributed by atoms with Crippen molar-refractivity contribution in [2.45, 2.75) is 32.8 Å². The van der Waals surface area contributed by atoms with Crippen LogP contribution in [-0.2, 0) is 11.3 Å². The Labute approximate surface area is 114 Å². The highest BCUT2D eigenvalue weighted by Crippen LogP contribution is 2.60. The van der Waals surface area contributed by atoms with Gasteiger partial charge in [0.1, 0.15) is 6.61 Å². The number of nitrogens with zero attached hydrogens (tertiary/aromatic N) is 1. The van der Waals surface area contributed by atoms with Crippen molar-refractivity contribution in [1.82, 2.24) is 4.90 Å². The van der Waals surface area contributed by atoms with Gasteiger partial charge in [-0.15, -0.1) is 0 Å². The minimum Gasteiger partial charge on any atom is -0.445 e. The van der Waals surface area contributed by atoms with Crippen LogP contribution < -0.4 is 0 Å². The van der Waals surface area contributed by atoms with Crippen LogP contribution in [-0.4, -0.2) is 24.1 Å². The minimum absolute atomic E-state index is 0.152. The highest BCUT2D eigenvalue weighted by Gasteiger charge is 2.55. The molecule has 102 valence electrons. The highest BCUT2D eigenvalue weighted by atomic mass is 16.6. The molecule has 1 aliphatic carbocycles. The van der Waals surface area contributed by atoms with Crippen LogP contribution in [0.1, 0.15) is 31.7 Å². The van der Waals surface area contributed by atoms with Crippen molar-refractivity contribution >= 4 is 6.09 Å². The lowest BCUT2D eigenvalue weighted by atomic mass is 9.93. The number of piperidine rings is 1. The summed E-state index contributed by atoms with van der Waals surface area (Å²) in [5, 5.41) is 0. The molecule has 1 aromatic rings. The van der Waals surface area contributed by atoms with Gasteiger partial charge in [-0.1, -0.05) is 43.7 Å². The Kier molecular flexibility index (Phi) is 3.21. The van der Waals surface area contributed by atoms with Crippen LogP contribution in [0.25, 0.3) is 0 Å². The molecular formula is C16H21NO2. The van der Waals surface area contributed by atoms with E-state index in [1.807, 2.05) is 35.2 Å². The summed E-state index contributed by atoms with van der Waals surface area (Å²) in [6.45, 7) is 4.39. The fourth-order valence-electron chi connectivity index (χ4n) is 3.30. The molecule has 1 amide bonds. The van der Waals surface area contributed by atoms with Crippen molar-refractivity contribution in [3.63, 3.8) is 0 Å². The first-order valence-electron chi connectivity index (χ1n) is 7.19. The number of carbonyl (C=O) groups excluding carboxylic acids is 1. The minimum atomic E-state index is -0.152. The van der Waals surface area contributed by atoms with Gasteiger partial charge in [0.15, 0.2) is 0 Å². The Balaban J connectivity index is 1.49. The summed E-state index contributed by atoms with van der Waals surface area (Å²) in [4.78, 5) is 13.9. The van der Waals surface area contributed by atoms with E-state index >= 15 is 0 Å². The number of rotatable bonds is 3. The number of hydrogen-bond donors (Lipinski definition) is 0. The first-order chi connectivity index (χ1) is 9.23. The van der Waals surface area contributed by atoms with Crippen LogP contribution in [0.3, 0.4) is 0 Å². The van der Waals surface area contributed by atoms with Crippen molar-refractivity contribution in [1.29, 1.82) is 0 Å². The average molecular weight is 259 g/mol. The van der Waals surface area contributed by atoms with E-state index < -0.39 is 0 Å². The second-order valence-corrected chi connectivity index (χ2v) is 5.85. The molecule has 0 N–H and O–H groups in total. The molecule has 3 heteroatoms. The number of likely N-dealkylation sites (tertiary alicyclic amines) is 1. The molecule has 0 radical (unpaired) electrons. The number of carbonyl (C=O) groups is 1. The second-order valence-electron chi connectivity index (χ2n) is 5.85. The van der Waals surface area contributed by atoms with Gasteiger partial charge in [-0.2, -0.15) is 0 Å². The third kappa shape index (κ3) is 2.46. The van der Waals surface area contributed by atoms with Crippen molar-refractivity contribution in [3.8, 4) is 0 Å². The molecule has 3 nitrogen and oxygen atoms in total. The maximum atomic E-state index is 12.0. The molecule has 0 spiro atoms. The molecule has 1 saturated carbocycles. The Morgan fingerprint density at radius 2 is 2.21 bits per heavy atom. The maximum Gasteiger partial charge on any atom is 0.410 e. The van der Waals surface area contributed by atoms with Gasteiger partial charge < -0.3 is 9.64 Å². The average Bonchev–Trinajstić information content (AvgIpc) is 3.20. The molecule has 2 fully saturated rings. The van der Waals surface area contributed by atoms with Gasteiger partial charge in [0.05, 0.1) is 0 Å².